The van der Waals surface area contributed by atoms with Crippen molar-refractivity contribution in [2.75, 3.05) is 6.54 Å². The van der Waals surface area contributed by atoms with Crippen molar-refractivity contribution < 1.29 is 0 Å². The molecule has 21 heavy (non-hydrogen) atoms. The maximum Gasteiger partial charge on any atom is 0.0453 e. The summed E-state index contributed by atoms with van der Waals surface area (Å²) in [7, 11) is 0. The lowest BCUT2D eigenvalue weighted by Gasteiger charge is -2.49. The van der Waals surface area contributed by atoms with Gasteiger partial charge in [0.05, 0.1) is 0 Å². The molecule has 2 fully saturated rings. The molecule has 116 valence electrons. The standard InChI is InChI=1S/C19H30N2/c1-2-17(19(20)16-10-4-3-5-11-16)21-14-8-12-15-9-6-7-13-18(15)21/h3-5,10-11,15,17-19H,2,6-9,12-14,20H2,1H3/t15-,17?,18-,19?/m1/s1. The summed E-state index contributed by atoms with van der Waals surface area (Å²) in [6, 6.07) is 12.1. The Morgan fingerprint density at radius 1 is 1.10 bits per heavy atom. The van der Waals surface area contributed by atoms with Crippen molar-refractivity contribution in [3.05, 3.63) is 35.9 Å². The maximum absolute atomic E-state index is 6.66. The first-order chi connectivity index (χ1) is 10.3. The predicted octanol–water partition coefficient (Wildman–Crippen LogP) is 4.12. The van der Waals surface area contributed by atoms with Gasteiger partial charge in [-0.15, -0.1) is 0 Å². The number of piperidine rings is 1. The zero-order valence-corrected chi connectivity index (χ0v) is 13.4. The van der Waals surface area contributed by atoms with Crippen LogP contribution in [0.5, 0.6) is 0 Å². The molecule has 2 heteroatoms. The fourth-order valence-electron chi connectivity index (χ4n) is 4.67. The van der Waals surface area contributed by atoms with Gasteiger partial charge in [0, 0.05) is 18.1 Å². The molecule has 2 aliphatic rings. The third-order valence-corrected chi connectivity index (χ3v) is 5.73. The van der Waals surface area contributed by atoms with E-state index in [0.29, 0.717) is 6.04 Å². The molecule has 1 aromatic carbocycles. The molecule has 2 nitrogen and oxygen atoms in total. The van der Waals surface area contributed by atoms with Crippen LogP contribution in [0.3, 0.4) is 0 Å². The van der Waals surface area contributed by atoms with Crippen molar-refractivity contribution in [1.82, 2.24) is 4.90 Å². The number of fused-ring (bicyclic) bond motifs is 1. The molecule has 0 aromatic heterocycles. The van der Waals surface area contributed by atoms with Gasteiger partial charge in [-0.05, 0) is 50.1 Å². The first-order valence-corrected chi connectivity index (χ1v) is 8.87. The smallest absolute Gasteiger partial charge is 0.0453 e. The number of benzene rings is 1. The Morgan fingerprint density at radius 2 is 1.81 bits per heavy atom. The van der Waals surface area contributed by atoms with E-state index in [1.807, 2.05) is 0 Å². The van der Waals surface area contributed by atoms with Gasteiger partial charge in [-0.25, -0.2) is 0 Å². The Hall–Kier alpha value is -0.860. The summed E-state index contributed by atoms with van der Waals surface area (Å²) < 4.78 is 0. The second kappa shape index (κ2) is 6.93. The number of nitrogens with zero attached hydrogens (tertiary/aromatic N) is 1. The van der Waals surface area contributed by atoms with Gasteiger partial charge in [0.25, 0.3) is 0 Å². The summed E-state index contributed by atoms with van der Waals surface area (Å²) in [5.74, 6) is 0.935. The minimum atomic E-state index is 0.150. The number of rotatable bonds is 4. The van der Waals surface area contributed by atoms with Crippen LogP contribution in [0.2, 0.25) is 0 Å². The van der Waals surface area contributed by atoms with E-state index in [2.05, 4.69) is 42.2 Å². The highest BCUT2D eigenvalue weighted by Gasteiger charge is 2.38. The number of hydrogen-bond acceptors (Lipinski definition) is 2. The van der Waals surface area contributed by atoms with Crippen LogP contribution in [0.15, 0.2) is 30.3 Å². The molecular weight excluding hydrogens is 256 g/mol. The monoisotopic (exact) mass is 286 g/mol. The molecule has 1 heterocycles. The Bertz CT molecular complexity index is 428. The molecule has 0 radical (unpaired) electrons. The Labute approximate surface area is 129 Å². The highest BCUT2D eigenvalue weighted by molar-refractivity contribution is 5.20. The van der Waals surface area contributed by atoms with Gasteiger partial charge in [0.15, 0.2) is 0 Å². The molecule has 0 bridgehead atoms. The van der Waals surface area contributed by atoms with Crippen molar-refractivity contribution in [1.29, 1.82) is 0 Å². The van der Waals surface area contributed by atoms with Gasteiger partial charge in [-0.1, -0.05) is 50.1 Å². The summed E-state index contributed by atoms with van der Waals surface area (Å²) in [4.78, 5) is 2.78. The third-order valence-electron chi connectivity index (χ3n) is 5.73. The van der Waals surface area contributed by atoms with E-state index in [0.717, 1.165) is 18.4 Å². The van der Waals surface area contributed by atoms with Crippen LogP contribution in [-0.4, -0.2) is 23.5 Å². The number of likely N-dealkylation sites (tertiary alicyclic amines) is 1. The Morgan fingerprint density at radius 3 is 2.57 bits per heavy atom. The van der Waals surface area contributed by atoms with E-state index in [1.54, 1.807) is 0 Å². The highest BCUT2D eigenvalue weighted by Crippen LogP contribution is 2.38. The van der Waals surface area contributed by atoms with E-state index in [4.69, 9.17) is 5.73 Å². The summed E-state index contributed by atoms with van der Waals surface area (Å²) in [6.45, 7) is 3.56. The molecule has 1 saturated heterocycles. The molecule has 1 saturated carbocycles. The lowest BCUT2D eigenvalue weighted by Crippen LogP contribution is -2.54. The van der Waals surface area contributed by atoms with Crippen LogP contribution in [0.1, 0.15) is 63.5 Å². The molecule has 1 aliphatic heterocycles. The highest BCUT2D eigenvalue weighted by atomic mass is 15.2. The zero-order chi connectivity index (χ0) is 14.7. The SMILES string of the molecule is CCC(C(N)c1ccccc1)N1CCC[C@H]2CCCC[C@H]21. The summed E-state index contributed by atoms with van der Waals surface area (Å²) in [6.07, 6.45) is 9.64. The molecule has 0 spiro atoms. The average molecular weight is 286 g/mol. The van der Waals surface area contributed by atoms with Crippen LogP contribution in [-0.2, 0) is 0 Å². The second-order valence-corrected chi connectivity index (χ2v) is 6.90. The fraction of sp³-hybridized carbons (Fsp3) is 0.684. The van der Waals surface area contributed by atoms with Gasteiger partial charge < -0.3 is 5.73 Å². The number of nitrogens with two attached hydrogens (primary N) is 1. The van der Waals surface area contributed by atoms with Crippen molar-refractivity contribution in [3.63, 3.8) is 0 Å². The molecule has 4 atom stereocenters. The molecule has 2 unspecified atom stereocenters. The first-order valence-electron chi connectivity index (χ1n) is 8.87. The van der Waals surface area contributed by atoms with Gasteiger partial charge in [0.2, 0.25) is 0 Å². The van der Waals surface area contributed by atoms with E-state index in [1.165, 1.54) is 50.6 Å². The van der Waals surface area contributed by atoms with Crippen LogP contribution < -0.4 is 5.73 Å². The largest absolute Gasteiger partial charge is 0.323 e. The van der Waals surface area contributed by atoms with Crippen LogP contribution in [0.25, 0.3) is 0 Å². The number of hydrogen-bond donors (Lipinski definition) is 1. The van der Waals surface area contributed by atoms with Gasteiger partial charge in [0.1, 0.15) is 0 Å². The van der Waals surface area contributed by atoms with Gasteiger partial charge in [-0.2, -0.15) is 0 Å². The lowest BCUT2D eigenvalue weighted by molar-refractivity contribution is 0.0152. The van der Waals surface area contributed by atoms with Crippen LogP contribution in [0, 0.1) is 5.92 Å². The van der Waals surface area contributed by atoms with Gasteiger partial charge in [-0.3, -0.25) is 4.90 Å². The zero-order valence-electron chi connectivity index (χ0n) is 13.4. The lowest BCUT2D eigenvalue weighted by atomic mass is 9.77. The van der Waals surface area contributed by atoms with Gasteiger partial charge >= 0.3 is 0 Å². The van der Waals surface area contributed by atoms with E-state index >= 15 is 0 Å². The van der Waals surface area contributed by atoms with Crippen molar-refractivity contribution in [2.45, 2.75) is 70.0 Å². The summed E-state index contributed by atoms with van der Waals surface area (Å²) in [5.41, 5.74) is 7.95. The molecular formula is C19H30N2. The van der Waals surface area contributed by atoms with E-state index in [9.17, 15) is 0 Å². The topological polar surface area (TPSA) is 29.3 Å². The van der Waals surface area contributed by atoms with Crippen molar-refractivity contribution in [3.8, 4) is 0 Å². The minimum Gasteiger partial charge on any atom is -0.323 e. The maximum atomic E-state index is 6.66. The fourth-order valence-corrected chi connectivity index (χ4v) is 4.67. The molecule has 3 rings (SSSR count). The second-order valence-electron chi connectivity index (χ2n) is 6.90. The molecule has 2 N–H and O–H groups in total. The Balaban J connectivity index is 1.78. The summed E-state index contributed by atoms with van der Waals surface area (Å²) >= 11 is 0. The average Bonchev–Trinajstić information content (AvgIpc) is 2.56. The van der Waals surface area contributed by atoms with Crippen LogP contribution >= 0.6 is 0 Å². The predicted molar refractivity (Wildman–Crippen MR) is 89.1 cm³/mol. The molecule has 1 aromatic rings. The van der Waals surface area contributed by atoms with Crippen LogP contribution in [0.4, 0.5) is 0 Å². The minimum absolute atomic E-state index is 0.150. The molecule has 0 amide bonds. The first kappa shape index (κ1) is 15.1. The quantitative estimate of drug-likeness (QED) is 0.902. The third kappa shape index (κ3) is 3.17. The summed E-state index contributed by atoms with van der Waals surface area (Å²) in [5, 5.41) is 0. The van der Waals surface area contributed by atoms with Crippen molar-refractivity contribution >= 4 is 0 Å². The van der Waals surface area contributed by atoms with Crippen molar-refractivity contribution in [2.24, 2.45) is 11.7 Å². The normalized spacial score (nSPS) is 29.6. The van der Waals surface area contributed by atoms with E-state index < -0.39 is 0 Å². The van der Waals surface area contributed by atoms with E-state index in [-0.39, 0.29) is 6.04 Å². The molecule has 1 aliphatic carbocycles. The Kier molecular flexibility index (Phi) is 4.97.